The summed E-state index contributed by atoms with van der Waals surface area (Å²) in [6, 6.07) is 14.8. The fourth-order valence-corrected chi connectivity index (χ4v) is 3.70. The molecular weight excluding hydrogens is 340 g/mol. The minimum Gasteiger partial charge on any atom is -0.497 e. The average Bonchev–Trinajstić information content (AvgIpc) is 3.25. The molecular formula is C22H30N2O3. The number of nitrogens with zero attached hydrogens (tertiary/aromatic N) is 1. The molecule has 1 aliphatic rings. The van der Waals surface area contributed by atoms with Gasteiger partial charge in [-0.2, -0.15) is 0 Å². The largest absolute Gasteiger partial charge is 0.497 e. The van der Waals surface area contributed by atoms with Crippen LogP contribution >= 0.6 is 0 Å². The number of hydrogen-bond acceptors (Lipinski definition) is 5. The van der Waals surface area contributed by atoms with Gasteiger partial charge >= 0.3 is 0 Å². The van der Waals surface area contributed by atoms with Gasteiger partial charge in [-0.15, -0.1) is 0 Å². The van der Waals surface area contributed by atoms with Crippen LogP contribution in [0.2, 0.25) is 0 Å². The van der Waals surface area contributed by atoms with E-state index in [-0.39, 0.29) is 0 Å². The van der Waals surface area contributed by atoms with Gasteiger partial charge in [0.15, 0.2) is 11.5 Å². The average molecular weight is 370 g/mol. The lowest BCUT2D eigenvalue weighted by Gasteiger charge is -2.28. The standard InChI is InChI=1S/C22H30N2O3/c1-25-19-8-6-7-18(14-19)20(24-11-4-5-12-24)16-23-15-17-9-10-21(26-2)22(13-17)27-3/h6-10,13-14,20,23H,4-5,11-12,15-16H2,1-3H3. The molecule has 5 heteroatoms. The van der Waals surface area contributed by atoms with Crippen molar-refractivity contribution in [2.75, 3.05) is 41.0 Å². The molecule has 0 amide bonds. The van der Waals surface area contributed by atoms with Gasteiger partial charge < -0.3 is 19.5 Å². The fourth-order valence-electron chi connectivity index (χ4n) is 3.70. The summed E-state index contributed by atoms with van der Waals surface area (Å²) in [6.07, 6.45) is 2.55. The summed E-state index contributed by atoms with van der Waals surface area (Å²) < 4.78 is 16.1. The summed E-state index contributed by atoms with van der Waals surface area (Å²) in [6.45, 7) is 3.98. The number of hydrogen-bond donors (Lipinski definition) is 1. The molecule has 2 aromatic carbocycles. The highest BCUT2D eigenvalue weighted by Crippen LogP contribution is 2.29. The van der Waals surface area contributed by atoms with Crippen molar-refractivity contribution in [3.63, 3.8) is 0 Å². The Kier molecular flexibility index (Phi) is 6.96. The Bertz CT molecular complexity index is 729. The van der Waals surface area contributed by atoms with Gasteiger partial charge in [-0.1, -0.05) is 18.2 Å². The molecule has 1 heterocycles. The summed E-state index contributed by atoms with van der Waals surface area (Å²) in [5, 5.41) is 3.62. The zero-order chi connectivity index (χ0) is 19.1. The van der Waals surface area contributed by atoms with Crippen LogP contribution in [0.1, 0.15) is 30.0 Å². The van der Waals surface area contributed by atoms with Gasteiger partial charge in [-0.05, 0) is 61.3 Å². The van der Waals surface area contributed by atoms with E-state index in [9.17, 15) is 0 Å². The van der Waals surface area contributed by atoms with E-state index in [2.05, 4.69) is 34.5 Å². The van der Waals surface area contributed by atoms with E-state index < -0.39 is 0 Å². The maximum atomic E-state index is 5.42. The van der Waals surface area contributed by atoms with Crippen LogP contribution in [0.4, 0.5) is 0 Å². The van der Waals surface area contributed by atoms with E-state index in [1.54, 1.807) is 21.3 Å². The first-order valence-electron chi connectivity index (χ1n) is 9.54. The quantitative estimate of drug-likeness (QED) is 0.730. The van der Waals surface area contributed by atoms with Crippen molar-refractivity contribution < 1.29 is 14.2 Å². The molecule has 5 nitrogen and oxygen atoms in total. The van der Waals surface area contributed by atoms with Crippen molar-refractivity contribution >= 4 is 0 Å². The predicted molar refractivity (Wildman–Crippen MR) is 108 cm³/mol. The molecule has 0 saturated carbocycles. The van der Waals surface area contributed by atoms with Crippen LogP contribution < -0.4 is 19.5 Å². The van der Waals surface area contributed by atoms with Gasteiger partial charge in [0.05, 0.1) is 21.3 Å². The van der Waals surface area contributed by atoms with Crippen molar-refractivity contribution in [2.45, 2.75) is 25.4 Å². The fraction of sp³-hybridized carbons (Fsp3) is 0.455. The van der Waals surface area contributed by atoms with Crippen LogP contribution in [0.5, 0.6) is 17.2 Å². The number of methoxy groups -OCH3 is 3. The molecule has 1 saturated heterocycles. The molecule has 0 aromatic heterocycles. The molecule has 3 rings (SSSR count). The van der Waals surface area contributed by atoms with Crippen LogP contribution in [-0.2, 0) is 6.54 Å². The monoisotopic (exact) mass is 370 g/mol. The smallest absolute Gasteiger partial charge is 0.161 e. The molecule has 1 N–H and O–H groups in total. The van der Waals surface area contributed by atoms with Crippen molar-refractivity contribution in [3.8, 4) is 17.2 Å². The summed E-state index contributed by atoms with van der Waals surface area (Å²) in [7, 11) is 5.05. The van der Waals surface area contributed by atoms with Gasteiger partial charge in [-0.3, -0.25) is 4.90 Å². The van der Waals surface area contributed by atoms with E-state index in [4.69, 9.17) is 14.2 Å². The van der Waals surface area contributed by atoms with Gasteiger partial charge in [0, 0.05) is 19.1 Å². The molecule has 146 valence electrons. The Hall–Kier alpha value is -2.24. The van der Waals surface area contributed by atoms with E-state index in [1.807, 2.05) is 18.2 Å². The second kappa shape index (κ2) is 9.62. The summed E-state index contributed by atoms with van der Waals surface area (Å²) in [5.74, 6) is 2.44. The van der Waals surface area contributed by atoms with E-state index >= 15 is 0 Å². The van der Waals surface area contributed by atoms with Gasteiger partial charge in [0.1, 0.15) is 5.75 Å². The summed E-state index contributed by atoms with van der Waals surface area (Å²) in [4.78, 5) is 2.57. The Morgan fingerprint density at radius 1 is 0.926 bits per heavy atom. The minimum absolute atomic E-state index is 0.350. The maximum Gasteiger partial charge on any atom is 0.161 e. The molecule has 1 fully saturated rings. The topological polar surface area (TPSA) is 43.0 Å². The highest BCUT2D eigenvalue weighted by atomic mass is 16.5. The molecule has 1 atom stereocenters. The molecule has 27 heavy (non-hydrogen) atoms. The lowest BCUT2D eigenvalue weighted by Crippen LogP contribution is -2.34. The Labute approximate surface area is 162 Å². The summed E-state index contributed by atoms with van der Waals surface area (Å²) in [5.41, 5.74) is 2.48. The first-order chi connectivity index (χ1) is 13.2. The van der Waals surface area contributed by atoms with Crippen molar-refractivity contribution in [2.24, 2.45) is 0 Å². The zero-order valence-electron chi connectivity index (χ0n) is 16.5. The van der Waals surface area contributed by atoms with Gasteiger partial charge in [-0.25, -0.2) is 0 Å². The second-order valence-electron chi connectivity index (χ2n) is 6.86. The van der Waals surface area contributed by atoms with Crippen molar-refractivity contribution in [3.05, 3.63) is 53.6 Å². The molecule has 1 unspecified atom stereocenters. The third-order valence-electron chi connectivity index (χ3n) is 5.17. The van der Waals surface area contributed by atoms with Crippen LogP contribution in [-0.4, -0.2) is 45.9 Å². The number of rotatable bonds is 9. The summed E-state index contributed by atoms with van der Waals surface area (Å²) >= 11 is 0. The third-order valence-corrected chi connectivity index (χ3v) is 5.17. The van der Waals surface area contributed by atoms with Crippen LogP contribution in [0.25, 0.3) is 0 Å². The number of likely N-dealkylation sites (tertiary alicyclic amines) is 1. The van der Waals surface area contributed by atoms with Crippen LogP contribution in [0, 0.1) is 0 Å². The maximum absolute atomic E-state index is 5.42. The molecule has 2 aromatic rings. The Morgan fingerprint density at radius 2 is 1.70 bits per heavy atom. The minimum atomic E-state index is 0.350. The van der Waals surface area contributed by atoms with E-state index in [0.29, 0.717) is 6.04 Å². The SMILES string of the molecule is COc1cccc(C(CNCc2ccc(OC)c(OC)c2)N2CCCC2)c1. The Morgan fingerprint density at radius 3 is 2.41 bits per heavy atom. The molecule has 0 spiro atoms. The van der Waals surface area contributed by atoms with E-state index in [0.717, 1.165) is 43.4 Å². The third kappa shape index (κ3) is 4.93. The molecule has 1 aliphatic heterocycles. The second-order valence-corrected chi connectivity index (χ2v) is 6.86. The van der Waals surface area contributed by atoms with Crippen molar-refractivity contribution in [1.29, 1.82) is 0 Å². The lowest BCUT2D eigenvalue weighted by molar-refractivity contribution is 0.238. The normalized spacial score (nSPS) is 15.5. The highest BCUT2D eigenvalue weighted by molar-refractivity contribution is 5.42. The molecule has 0 bridgehead atoms. The number of nitrogens with one attached hydrogen (secondary N) is 1. The zero-order valence-corrected chi connectivity index (χ0v) is 16.5. The van der Waals surface area contributed by atoms with Crippen LogP contribution in [0.3, 0.4) is 0 Å². The molecule has 0 radical (unpaired) electrons. The lowest BCUT2D eigenvalue weighted by atomic mass is 10.0. The molecule has 0 aliphatic carbocycles. The highest BCUT2D eigenvalue weighted by Gasteiger charge is 2.23. The first-order valence-corrected chi connectivity index (χ1v) is 9.54. The first kappa shape index (κ1) is 19.5. The van der Waals surface area contributed by atoms with Gasteiger partial charge in [0.2, 0.25) is 0 Å². The van der Waals surface area contributed by atoms with Gasteiger partial charge in [0.25, 0.3) is 0 Å². The van der Waals surface area contributed by atoms with Crippen molar-refractivity contribution in [1.82, 2.24) is 10.2 Å². The number of benzene rings is 2. The predicted octanol–water partition coefficient (Wildman–Crippen LogP) is 3.64. The van der Waals surface area contributed by atoms with Crippen LogP contribution in [0.15, 0.2) is 42.5 Å². The number of ether oxygens (including phenoxy) is 3. The Balaban J connectivity index is 1.68. The van der Waals surface area contributed by atoms with E-state index in [1.165, 1.54) is 24.0 Å².